The Bertz CT molecular complexity index is 854. The summed E-state index contributed by atoms with van der Waals surface area (Å²) >= 11 is 1.55. The molecule has 0 aliphatic heterocycles. The standard InChI is InChI=1S/C25H34N2O3S/c1-6-19(3)26-25(29)20(4)27(15-22-10-8-7-9-18(22)2)24(28)17-31-16-21-11-13-23(30-5)14-12-21/h7-14,19-20H,6,15-17H2,1-5H3,(H,26,29)/t19-,20-/m0/s1. The number of carbonyl (C=O) groups excluding carboxylic acids is 2. The molecule has 168 valence electrons. The van der Waals surface area contributed by atoms with Crippen LogP contribution < -0.4 is 10.1 Å². The molecular weight excluding hydrogens is 408 g/mol. The van der Waals surface area contributed by atoms with Crippen molar-refractivity contribution in [1.82, 2.24) is 10.2 Å². The van der Waals surface area contributed by atoms with Gasteiger partial charge in [0.15, 0.2) is 0 Å². The number of benzene rings is 2. The van der Waals surface area contributed by atoms with E-state index in [4.69, 9.17) is 4.74 Å². The van der Waals surface area contributed by atoms with E-state index in [-0.39, 0.29) is 17.9 Å². The summed E-state index contributed by atoms with van der Waals surface area (Å²) < 4.78 is 5.19. The predicted octanol–water partition coefficient (Wildman–Crippen LogP) is 4.57. The number of carbonyl (C=O) groups is 2. The molecule has 6 heteroatoms. The third-order valence-corrected chi connectivity index (χ3v) is 6.41. The molecule has 0 bridgehead atoms. The minimum Gasteiger partial charge on any atom is -0.497 e. The smallest absolute Gasteiger partial charge is 0.242 e. The summed E-state index contributed by atoms with van der Waals surface area (Å²) in [5, 5.41) is 3.01. The van der Waals surface area contributed by atoms with Crippen LogP contribution in [0.4, 0.5) is 0 Å². The average molecular weight is 443 g/mol. The molecular formula is C25H34N2O3S. The van der Waals surface area contributed by atoms with Crippen molar-refractivity contribution in [2.75, 3.05) is 12.9 Å². The molecule has 0 radical (unpaired) electrons. The number of thioether (sulfide) groups is 1. The molecule has 2 rings (SSSR count). The average Bonchev–Trinajstić information content (AvgIpc) is 2.78. The molecule has 0 aliphatic carbocycles. The summed E-state index contributed by atoms with van der Waals surface area (Å²) in [6.45, 7) is 8.26. The maximum atomic E-state index is 13.2. The lowest BCUT2D eigenvalue weighted by molar-refractivity contribution is -0.138. The fourth-order valence-electron chi connectivity index (χ4n) is 3.08. The van der Waals surface area contributed by atoms with Crippen LogP contribution in [-0.2, 0) is 21.9 Å². The number of nitrogens with zero attached hydrogens (tertiary/aromatic N) is 1. The summed E-state index contributed by atoms with van der Waals surface area (Å²) in [4.78, 5) is 27.6. The van der Waals surface area contributed by atoms with E-state index >= 15 is 0 Å². The predicted molar refractivity (Wildman–Crippen MR) is 128 cm³/mol. The molecule has 1 N–H and O–H groups in total. The fourth-order valence-corrected chi connectivity index (χ4v) is 3.95. The lowest BCUT2D eigenvalue weighted by Gasteiger charge is -2.30. The van der Waals surface area contributed by atoms with E-state index in [1.807, 2.05) is 76.2 Å². The quantitative estimate of drug-likeness (QED) is 0.554. The lowest BCUT2D eigenvalue weighted by atomic mass is 10.1. The molecule has 0 heterocycles. The normalized spacial score (nSPS) is 12.7. The molecule has 2 aromatic carbocycles. The van der Waals surface area contributed by atoms with E-state index in [1.165, 1.54) is 0 Å². The van der Waals surface area contributed by atoms with Crippen LogP contribution in [0, 0.1) is 6.92 Å². The van der Waals surface area contributed by atoms with Gasteiger partial charge in [-0.25, -0.2) is 0 Å². The topological polar surface area (TPSA) is 58.6 Å². The molecule has 31 heavy (non-hydrogen) atoms. The first-order valence-electron chi connectivity index (χ1n) is 10.7. The highest BCUT2D eigenvalue weighted by Gasteiger charge is 2.27. The minimum atomic E-state index is -0.539. The summed E-state index contributed by atoms with van der Waals surface area (Å²) in [5.74, 6) is 1.71. The molecule has 2 amide bonds. The van der Waals surface area contributed by atoms with Gasteiger partial charge < -0.3 is 15.0 Å². The molecule has 0 aliphatic rings. The number of aryl methyl sites for hydroxylation is 1. The summed E-state index contributed by atoms with van der Waals surface area (Å²) in [6.07, 6.45) is 0.849. The number of rotatable bonds is 11. The first-order valence-corrected chi connectivity index (χ1v) is 11.9. The maximum absolute atomic E-state index is 13.2. The molecule has 0 saturated heterocycles. The third-order valence-electron chi connectivity index (χ3n) is 5.42. The third kappa shape index (κ3) is 7.62. The summed E-state index contributed by atoms with van der Waals surface area (Å²) in [7, 11) is 1.64. The number of hydrogen-bond donors (Lipinski definition) is 1. The van der Waals surface area contributed by atoms with E-state index < -0.39 is 6.04 Å². The number of ether oxygens (including phenoxy) is 1. The second kappa shape index (κ2) is 12.4. The van der Waals surface area contributed by atoms with Gasteiger partial charge in [-0.3, -0.25) is 9.59 Å². The number of nitrogens with one attached hydrogen (secondary N) is 1. The van der Waals surface area contributed by atoms with Crippen LogP contribution in [0.1, 0.15) is 43.9 Å². The van der Waals surface area contributed by atoms with Crippen molar-refractivity contribution >= 4 is 23.6 Å². The first kappa shape index (κ1) is 24.8. The Kier molecular flexibility index (Phi) is 9.92. The largest absolute Gasteiger partial charge is 0.497 e. The van der Waals surface area contributed by atoms with Gasteiger partial charge in [0.25, 0.3) is 0 Å². The SMILES string of the molecule is CC[C@H](C)NC(=O)[C@H](C)N(Cc1ccccc1C)C(=O)CSCc1ccc(OC)cc1. The lowest BCUT2D eigenvalue weighted by Crippen LogP contribution is -2.50. The zero-order valence-electron chi connectivity index (χ0n) is 19.2. The van der Waals surface area contributed by atoms with Crippen molar-refractivity contribution < 1.29 is 14.3 Å². The number of hydrogen-bond acceptors (Lipinski definition) is 4. The number of amides is 2. The van der Waals surface area contributed by atoms with Gasteiger partial charge in [-0.15, -0.1) is 11.8 Å². The molecule has 0 fully saturated rings. The van der Waals surface area contributed by atoms with Crippen LogP contribution in [0.5, 0.6) is 5.75 Å². The van der Waals surface area contributed by atoms with Crippen molar-refractivity contribution in [3.63, 3.8) is 0 Å². The van der Waals surface area contributed by atoms with Crippen LogP contribution in [0.2, 0.25) is 0 Å². The first-order chi connectivity index (χ1) is 14.8. The number of methoxy groups -OCH3 is 1. The van der Waals surface area contributed by atoms with Crippen LogP contribution in [0.3, 0.4) is 0 Å². The maximum Gasteiger partial charge on any atom is 0.242 e. The summed E-state index contributed by atoms with van der Waals surface area (Å²) in [6, 6.07) is 15.4. The highest BCUT2D eigenvalue weighted by molar-refractivity contribution is 7.99. The van der Waals surface area contributed by atoms with Crippen molar-refractivity contribution in [1.29, 1.82) is 0 Å². The molecule has 0 spiro atoms. The summed E-state index contributed by atoms with van der Waals surface area (Å²) in [5.41, 5.74) is 3.30. The van der Waals surface area contributed by atoms with Gasteiger partial charge in [-0.05, 0) is 56.0 Å². The van der Waals surface area contributed by atoms with Crippen molar-refractivity contribution in [2.45, 2.75) is 58.5 Å². The van der Waals surface area contributed by atoms with Gasteiger partial charge in [0.1, 0.15) is 11.8 Å². The van der Waals surface area contributed by atoms with Crippen molar-refractivity contribution in [3.8, 4) is 5.75 Å². The Morgan fingerprint density at radius 3 is 2.39 bits per heavy atom. The fraction of sp³-hybridized carbons (Fsp3) is 0.440. The minimum absolute atomic E-state index is 0.0337. The van der Waals surface area contributed by atoms with E-state index in [0.29, 0.717) is 12.3 Å². The van der Waals surface area contributed by atoms with Crippen LogP contribution in [-0.4, -0.2) is 41.7 Å². The molecule has 5 nitrogen and oxygen atoms in total. The second-order valence-electron chi connectivity index (χ2n) is 7.78. The molecule has 0 saturated carbocycles. The van der Waals surface area contributed by atoms with Gasteiger partial charge in [0.05, 0.1) is 12.9 Å². The molecule has 2 aromatic rings. The molecule has 2 atom stereocenters. The Morgan fingerprint density at radius 2 is 1.77 bits per heavy atom. The van der Waals surface area contributed by atoms with Crippen molar-refractivity contribution in [3.05, 3.63) is 65.2 Å². The second-order valence-corrected chi connectivity index (χ2v) is 8.77. The van der Waals surface area contributed by atoms with Gasteiger partial charge >= 0.3 is 0 Å². The highest BCUT2D eigenvalue weighted by Crippen LogP contribution is 2.19. The van der Waals surface area contributed by atoms with Gasteiger partial charge in [-0.2, -0.15) is 0 Å². The van der Waals surface area contributed by atoms with Crippen molar-refractivity contribution in [2.24, 2.45) is 0 Å². The Hall–Kier alpha value is -2.47. The molecule has 0 unspecified atom stereocenters. The van der Waals surface area contributed by atoms with Crippen LogP contribution in [0.25, 0.3) is 0 Å². The molecule has 0 aromatic heterocycles. The van der Waals surface area contributed by atoms with E-state index in [9.17, 15) is 9.59 Å². The van der Waals surface area contributed by atoms with Gasteiger partial charge in [0, 0.05) is 18.3 Å². The van der Waals surface area contributed by atoms with Crippen LogP contribution in [0.15, 0.2) is 48.5 Å². The Labute approximate surface area is 190 Å². The Balaban J connectivity index is 2.07. The zero-order chi connectivity index (χ0) is 22.8. The monoisotopic (exact) mass is 442 g/mol. The van der Waals surface area contributed by atoms with Gasteiger partial charge in [-0.1, -0.05) is 43.3 Å². The highest BCUT2D eigenvalue weighted by atomic mass is 32.2. The van der Waals surface area contributed by atoms with Gasteiger partial charge in [0.2, 0.25) is 11.8 Å². The zero-order valence-corrected chi connectivity index (χ0v) is 20.0. The van der Waals surface area contributed by atoms with E-state index in [0.717, 1.165) is 34.6 Å². The Morgan fingerprint density at radius 1 is 1.10 bits per heavy atom. The van der Waals surface area contributed by atoms with E-state index in [2.05, 4.69) is 5.32 Å². The van der Waals surface area contributed by atoms with E-state index in [1.54, 1.807) is 23.8 Å². The van der Waals surface area contributed by atoms with Crippen LogP contribution >= 0.6 is 11.8 Å².